The van der Waals surface area contributed by atoms with Crippen LogP contribution in [0.4, 0.5) is 0 Å². The van der Waals surface area contributed by atoms with Gasteiger partial charge in [-0.25, -0.2) is 8.42 Å². The number of aromatic nitrogens is 2. The summed E-state index contributed by atoms with van der Waals surface area (Å²) in [6.45, 7) is 0.874. The van der Waals surface area contributed by atoms with Crippen LogP contribution in [0, 0.1) is 0 Å². The van der Waals surface area contributed by atoms with Gasteiger partial charge in [0.15, 0.2) is 0 Å². The quantitative estimate of drug-likeness (QED) is 0.604. The number of hydrogen-bond donors (Lipinski definition) is 0. The number of rotatable bonds is 3. The Morgan fingerprint density at radius 2 is 1.79 bits per heavy atom. The molecule has 0 bridgehead atoms. The van der Waals surface area contributed by atoms with Crippen molar-refractivity contribution in [3.8, 4) is 0 Å². The highest BCUT2D eigenvalue weighted by Crippen LogP contribution is 2.26. The van der Waals surface area contributed by atoms with Gasteiger partial charge in [0.05, 0.1) is 22.3 Å². The average molecular weight is 457 g/mol. The third kappa shape index (κ3) is 3.48. The van der Waals surface area contributed by atoms with Crippen molar-refractivity contribution in [1.29, 1.82) is 0 Å². The van der Waals surface area contributed by atoms with Gasteiger partial charge in [0, 0.05) is 31.2 Å². The van der Waals surface area contributed by atoms with Crippen LogP contribution in [0.5, 0.6) is 0 Å². The minimum atomic E-state index is -3.73. The fourth-order valence-corrected chi connectivity index (χ4v) is 5.64. The molecule has 0 radical (unpaired) electrons. The molecule has 4 rings (SSSR count). The Bertz CT molecular complexity index is 1160. The maximum atomic E-state index is 13.1. The Labute approximate surface area is 175 Å². The molecule has 0 atom stereocenters. The summed E-state index contributed by atoms with van der Waals surface area (Å²) < 4.78 is 35.7. The second kappa shape index (κ2) is 7.57. The zero-order valence-electron chi connectivity index (χ0n) is 14.4. The van der Waals surface area contributed by atoms with Gasteiger partial charge < -0.3 is 4.90 Å². The number of sulfonamides is 1. The van der Waals surface area contributed by atoms with E-state index in [1.807, 2.05) is 0 Å². The molecule has 0 spiro atoms. The van der Waals surface area contributed by atoms with Crippen molar-refractivity contribution in [2.45, 2.75) is 4.90 Å². The van der Waals surface area contributed by atoms with Gasteiger partial charge in [0.2, 0.25) is 10.0 Å². The molecular formula is C17H14Cl2N4O3S2. The molecule has 0 N–H and O–H groups in total. The first kappa shape index (κ1) is 19.5. The number of carbonyl (C=O) groups excluding carboxylic acids is 1. The minimum absolute atomic E-state index is 0.136. The van der Waals surface area contributed by atoms with E-state index in [2.05, 4.69) is 8.75 Å². The molecule has 1 aliphatic heterocycles. The van der Waals surface area contributed by atoms with Crippen LogP contribution in [0.25, 0.3) is 11.0 Å². The second-order valence-electron chi connectivity index (χ2n) is 6.21. The second-order valence-corrected chi connectivity index (χ2v) is 9.49. The van der Waals surface area contributed by atoms with Crippen molar-refractivity contribution in [2.75, 3.05) is 26.2 Å². The van der Waals surface area contributed by atoms with Crippen LogP contribution >= 0.6 is 34.9 Å². The monoisotopic (exact) mass is 456 g/mol. The fraction of sp³-hybridized carbons (Fsp3) is 0.235. The Balaban J connectivity index is 1.53. The van der Waals surface area contributed by atoms with Crippen LogP contribution in [0.15, 0.2) is 41.3 Å². The van der Waals surface area contributed by atoms with Crippen LogP contribution in [0.3, 0.4) is 0 Å². The number of hydrogen-bond acceptors (Lipinski definition) is 6. The maximum absolute atomic E-state index is 13.1. The van der Waals surface area contributed by atoms with Crippen molar-refractivity contribution in [3.05, 3.63) is 52.0 Å². The summed E-state index contributed by atoms with van der Waals surface area (Å²) in [5.41, 5.74) is 1.23. The van der Waals surface area contributed by atoms with Crippen LogP contribution < -0.4 is 0 Å². The maximum Gasteiger partial charge on any atom is 0.255 e. The number of carbonyl (C=O) groups is 1. The van der Waals surface area contributed by atoms with E-state index in [-0.39, 0.29) is 37.0 Å². The van der Waals surface area contributed by atoms with Gasteiger partial charge in [-0.05, 0) is 30.3 Å². The molecule has 11 heteroatoms. The van der Waals surface area contributed by atoms with Crippen LogP contribution in [0.2, 0.25) is 10.0 Å². The molecule has 2 aromatic carbocycles. The molecule has 1 fully saturated rings. The molecule has 0 saturated carbocycles. The largest absolute Gasteiger partial charge is 0.336 e. The van der Waals surface area contributed by atoms with E-state index in [1.54, 1.807) is 29.2 Å². The Kier molecular flexibility index (Phi) is 5.28. The highest BCUT2D eigenvalue weighted by atomic mass is 35.5. The topological polar surface area (TPSA) is 83.5 Å². The van der Waals surface area contributed by atoms with Gasteiger partial charge in [-0.15, -0.1) is 0 Å². The number of halogens is 2. The predicted octanol–water partition coefficient (Wildman–Crippen LogP) is 3.14. The summed E-state index contributed by atoms with van der Waals surface area (Å²) in [6, 6.07) is 9.60. The molecule has 7 nitrogen and oxygen atoms in total. The summed E-state index contributed by atoms with van der Waals surface area (Å²) in [5, 5.41) is 0.728. The molecular weight excluding hydrogens is 443 g/mol. The standard InChI is InChI=1S/C17H14Cl2N4O3S2/c18-11-4-5-13(19)12(10-11)17(24)22-6-8-23(9-7-22)28(25,26)15-3-1-2-14-16(15)21-27-20-14/h1-5,10H,6-9H2. The minimum Gasteiger partial charge on any atom is -0.336 e. The third-order valence-electron chi connectivity index (χ3n) is 4.55. The zero-order chi connectivity index (χ0) is 19.9. The highest BCUT2D eigenvalue weighted by molar-refractivity contribution is 7.89. The smallest absolute Gasteiger partial charge is 0.255 e. The molecule has 0 aliphatic carbocycles. The van der Waals surface area contributed by atoms with E-state index in [0.717, 1.165) is 11.7 Å². The summed E-state index contributed by atoms with van der Waals surface area (Å²) in [6.07, 6.45) is 0. The Hall–Kier alpha value is -1.78. The zero-order valence-corrected chi connectivity index (χ0v) is 17.5. The fourth-order valence-electron chi connectivity index (χ4n) is 3.09. The van der Waals surface area contributed by atoms with E-state index in [4.69, 9.17) is 23.2 Å². The average Bonchev–Trinajstić information content (AvgIpc) is 3.18. The van der Waals surface area contributed by atoms with Crippen molar-refractivity contribution in [3.63, 3.8) is 0 Å². The molecule has 2 heterocycles. The number of amides is 1. The normalized spacial score (nSPS) is 15.9. The molecule has 1 amide bonds. The highest BCUT2D eigenvalue weighted by Gasteiger charge is 2.32. The first-order chi connectivity index (χ1) is 13.4. The van der Waals surface area contributed by atoms with Gasteiger partial charge >= 0.3 is 0 Å². The summed E-state index contributed by atoms with van der Waals surface area (Å²) in [4.78, 5) is 14.5. The van der Waals surface area contributed by atoms with E-state index >= 15 is 0 Å². The molecule has 0 unspecified atom stereocenters. The van der Waals surface area contributed by atoms with E-state index in [0.29, 0.717) is 26.6 Å². The van der Waals surface area contributed by atoms with Crippen LogP contribution in [0.1, 0.15) is 10.4 Å². The molecule has 28 heavy (non-hydrogen) atoms. The van der Waals surface area contributed by atoms with Gasteiger partial charge in [0.1, 0.15) is 15.9 Å². The van der Waals surface area contributed by atoms with Gasteiger partial charge in [-0.3, -0.25) is 4.79 Å². The van der Waals surface area contributed by atoms with Crippen LogP contribution in [-0.2, 0) is 10.0 Å². The van der Waals surface area contributed by atoms with Gasteiger partial charge in [0.25, 0.3) is 5.91 Å². The van der Waals surface area contributed by atoms with Gasteiger partial charge in [-0.2, -0.15) is 13.1 Å². The molecule has 146 valence electrons. The van der Waals surface area contributed by atoms with Gasteiger partial charge in [-0.1, -0.05) is 29.3 Å². The molecule has 1 saturated heterocycles. The number of benzene rings is 2. The molecule has 1 aromatic heterocycles. The number of piperazine rings is 1. The number of nitrogens with zero attached hydrogens (tertiary/aromatic N) is 4. The predicted molar refractivity (Wildman–Crippen MR) is 109 cm³/mol. The lowest BCUT2D eigenvalue weighted by molar-refractivity contribution is 0.0698. The van der Waals surface area contributed by atoms with Crippen molar-refractivity contribution in [1.82, 2.24) is 18.0 Å². The summed E-state index contributed by atoms with van der Waals surface area (Å²) >= 11 is 13.0. The third-order valence-corrected chi connectivity index (χ3v) is 7.59. The Morgan fingerprint density at radius 3 is 2.54 bits per heavy atom. The van der Waals surface area contributed by atoms with Crippen molar-refractivity contribution in [2.24, 2.45) is 0 Å². The SMILES string of the molecule is O=C(c1cc(Cl)ccc1Cl)N1CCN(S(=O)(=O)c2cccc3nsnc23)CC1. The van der Waals surface area contributed by atoms with E-state index < -0.39 is 10.0 Å². The lowest BCUT2D eigenvalue weighted by atomic mass is 10.2. The van der Waals surface area contributed by atoms with E-state index in [9.17, 15) is 13.2 Å². The first-order valence-electron chi connectivity index (χ1n) is 8.34. The summed E-state index contributed by atoms with van der Waals surface area (Å²) in [5.74, 6) is -0.268. The first-order valence-corrected chi connectivity index (χ1v) is 11.3. The van der Waals surface area contributed by atoms with Crippen molar-refractivity contribution >= 4 is 61.9 Å². The molecule has 1 aliphatic rings. The number of fused-ring (bicyclic) bond motifs is 1. The van der Waals surface area contributed by atoms with Crippen LogP contribution in [-0.4, -0.2) is 58.5 Å². The van der Waals surface area contributed by atoms with Crippen molar-refractivity contribution < 1.29 is 13.2 Å². The van der Waals surface area contributed by atoms with E-state index in [1.165, 1.54) is 16.4 Å². The Morgan fingerprint density at radius 1 is 1.04 bits per heavy atom. The lowest BCUT2D eigenvalue weighted by Crippen LogP contribution is -2.50. The molecule has 3 aromatic rings. The summed E-state index contributed by atoms with van der Waals surface area (Å²) in [7, 11) is -3.73. The lowest BCUT2D eigenvalue weighted by Gasteiger charge is -2.34.